The summed E-state index contributed by atoms with van der Waals surface area (Å²) in [7, 11) is -2.07. The molecule has 218 valence electrons. The zero-order chi connectivity index (χ0) is 29.7. The van der Waals surface area contributed by atoms with E-state index in [0.717, 1.165) is 34.5 Å². The summed E-state index contributed by atoms with van der Waals surface area (Å²) in [5.74, 6) is 5.09. The van der Waals surface area contributed by atoms with Crippen molar-refractivity contribution in [3.63, 3.8) is 0 Å². The Morgan fingerprint density at radius 1 is 1.17 bits per heavy atom. The smallest absolute Gasteiger partial charge is 0.346 e. The van der Waals surface area contributed by atoms with Crippen LogP contribution in [0.2, 0.25) is 10.0 Å². The number of carboxylic acids is 1. The topological polar surface area (TPSA) is 85.7 Å². The predicted octanol–water partition coefficient (Wildman–Crippen LogP) is 8.43. The van der Waals surface area contributed by atoms with Gasteiger partial charge in [-0.1, -0.05) is 41.3 Å². The number of hydrogen-bond donors (Lipinski definition) is 1. The molecule has 2 aromatic carbocycles. The van der Waals surface area contributed by atoms with Gasteiger partial charge in [0, 0.05) is 47.3 Å². The highest BCUT2D eigenvalue weighted by molar-refractivity contribution is 7.67. The van der Waals surface area contributed by atoms with Crippen molar-refractivity contribution < 1.29 is 23.7 Å². The maximum Gasteiger partial charge on any atom is 0.346 e. The summed E-state index contributed by atoms with van der Waals surface area (Å²) >= 11 is 15.3. The summed E-state index contributed by atoms with van der Waals surface area (Å²) in [6.07, 6.45) is 2.49. The summed E-state index contributed by atoms with van der Waals surface area (Å²) in [4.78, 5) is 17.8. The second kappa shape index (κ2) is 13.9. The maximum absolute atomic E-state index is 14.3. The monoisotopic (exact) mass is 659 g/mol. The summed E-state index contributed by atoms with van der Waals surface area (Å²) in [6.45, 7) is 1.31. The summed E-state index contributed by atoms with van der Waals surface area (Å²) in [6, 6.07) is 14.5. The molecule has 1 fully saturated rings. The first-order valence-electron chi connectivity index (χ1n) is 13.3. The Balaban J connectivity index is 1.50. The number of nitrogens with zero attached hydrogens (tertiary/aromatic N) is 1. The van der Waals surface area contributed by atoms with E-state index in [0.29, 0.717) is 41.4 Å². The Morgan fingerprint density at radius 3 is 2.57 bits per heavy atom. The van der Waals surface area contributed by atoms with E-state index in [4.69, 9.17) is 32.5 Å². The molecule has 1 saturated heterocycles. The first kappa shape index (κ1) is 31.0. The van der Waals surface area contributed by atoms with E-state index in [9.17, 15) is 14.5 Å². The van der Waals surface area contributed by atoms with Crippen LogP contribution < -0.4 is 5.30 Å². The summed E-state index contributed by atoms with van der Waals surface area (Å²) in [5.41, 5.74) is 4.84. The van der Waals surface area contributed by atoms with Gasteiger partial charge in [0.1, 0.15) is 10.6 Å². The van der Waals surface area contributed by atoms with Crippen LogP contribution in [0.1, 0.15) is 51.7 Å². The number of thiazole rings is 1. The number of thiophene rings is 1. The largest absolute Gasteiger partial charge is 0.477 e. The summed E-state index contributed by atoms with van der Waals surface area (Å²) < 4.78 is 25.6. The molecule has 0 bridgehead atoms. The highest BCUT2D eigenvalue weighted by Crippen LogP contribution is 2.53. The van der Waals surface area contributed by atoms with Gasteiger partial charge in [0.2, 0.25) is 7.37 Å². The first-order chi connectivity index (χ1) is 20.3. The van der Waals surface area contributed by atoms with E-state index < -0.39 is 13.3 Å². The highest BCUT2D eigenvalue weighted by atomic mass is 35.5. The lowest BCUT2D eigenvalue weighted by Gasteiger charge is -2.29. The molecule has 1 aliphatic heterocycles. The fourth-order valence-electron chi connectivity index (χ4n) is 5.15. The van der Waals surface area contributed by atoms with Crippen LogP contribution in [0.3, 0.4) is 0 Å². The molecule has 0 amide bonds. The standard InChI is InChI=1S/C31H28Cl2NO5PS2/c1-38-40(37,28-9-7-24(32)15-27(28)33)17-23(14-21-10-12-39-13-11-21)26-16-29(42-30(26)31(35)36)22-5-2-20(3-6-22)4-8-25-18-41-19-34-25/h2-3,5-7,9,15-16,18-19,21,23H,10-14,17H2,1H3,(H,35,36). The van der Waals surface area contributed by atoms with Crippen molar-refractivity contribution in [2.24, 2.45) is 5.92 Å². The van der Waals surface area contributed by atoms with Crippen molar-refractivity contribution in [1.82, 2.24) is 4.98 Å². The van der Waals surface area contributed by atoms with Crippen LogP contribution in [0.5, 0.6) is 0 Å². The van der Waals surface area contributed by atoms with Crippen molar-refractivity contribution in [2.75, 3.05) is 26.5 Å². The molecule has 1 aliphatic rings. The molecule has 42 heavy (non-hydrogen) atoms. The SMILES string of the molecule is COP(=O)(CC(CC1CCOCC1)c1cc(-c2ccc(C#Cc3cscn3)cc2)sc1C(=O)O)c1ccc(Cl)cc1Cl. The molecular formula is C31H28Cl2NO5PS2. The van der Waals surface area contributed by atoms with Crippen molar-refractivity contribution in [3.05, 3.63) is 91.2 Å². The number of rotatable bonds is 9. The molecular weight excluding hydrogens is 632 g/mol. The number of carboxylic acid groups (broad SMARTS) is 1. The van der Waals surface area contributed by atoms with Gasteiger partial charge < -0.3 is 14.4 Å². The zero-order valence-electron chi connectivity index (χ0n) is 22.7. The molecule has 0 saturated carbocycles. The minimum atomic E-state index is -3.48. The second-order valence-corrected chi connectivity index (χ2v) is 15.2. The molecule has 11 heteroatoms. The van der Waals surface area contributed by atoms with Crippen molar-refractivity contribution >= 4 is 64.5 Å². The Kier molecular flexibility index (Phi) is 10.2. The number of aromatic carboxylic acids is 1. The van der Waals surface area contributed by atoms with E-state index in [1.54, 1.807) is 23.7 Å². The normalized spacial score (nSPS) is 15.9. The van der Waals surface area contributed by atoms with E-state index in [2.05, 4.69) is 16.8 Å². The fraction of sp³-hybridized carbons (Fsp3) is 0.290. The second-order valence-electron chi connectivity index (χ2n) is 10.0. The first-order valence-corrected chi connectivity index (χ1v) is 17.6. The molecule has 3 heterocycles. The molecule has 4 aromatic rings. The lowest BCUT2D eigenvalue weighted by molar-refractivity contribution is 0.0618. The van der Waals surface area contributed by atoms with Crippen molar-refractivity contribution in [2.45, 2.75) is 25.2 Å². The van der Waals surface area contributed by atoms with Gasteiger partial charge in [-0.3, -0.25) is 4.57 Å². The van der Waals surface area contributed by atoms with Crippen LogP contribution in [-0.2, 0) is 13.8 Å². The Labute approximate surface area is 263 Å². The average Bonchev–Trinajstić information content (AvgIpc) is 3.67. The minimum absolute atomic E-state index is 0.115. The maximum atomic E-state index is 14.3. The van der Waals surface area contributed by atoms with E-state index in [1.165, 1.54) is 29.8 Å². The molecule has 2 aromatic heterocycles. The van der Waals surface area contributed by atoms with Gasteiger partial charge in [-0.15, -0.1) is 22.7 Å². The van der Waals surface area contributed by atoms with Crippen LogP contribution in [-0.4, -0.2) is 42.5 Å². The average molecular weight is 661 g/mol. The van der Waals surface area contributed by atoms with Crippen LogP contribution in [0.4, 0.5) is 0 Å². The molecule has 2 unspecified atom stereocenters. The van der Waals surface area contributed by atoms with Gasteiger partial charge in [-0.25, -0.2) is 9.78 Å². The summed E-state index contributed by atoms with van der Waals surface area (Å²) in [5, 5.41) is 13.2. The Morgan fingerprint density at radius 2 is 1.93 bits per heavy atom. The highest BCUT2D eigenvalue weighted by Gasteiger charge is 2.36. The number of carbonyl (C=O) groups is 1. The van der Waals surface area contributed by atoms with Gasteiger partial charge in [0.15, 0.2) is 0 Å². The fourth-order valence-corrected chi connectivity index (χ4v) is 9.68. The number of hydrogen-bond acceptors (Lipinski definition) is 7. The lowest BCUT2D eigenvalue weighted by Crippen LogP contribution is -2.22. The number of halogens is 2. The third-order valence-electron chi connectivity index (χ3n) is 7.32. The molecule has 0 aliphatic carbocycles. The molecule has 2 atom stereocenters. The Hall–Kier alpha value is -2.47. The van der Waals surface area contributed by atoms with Gasteiger partial charge >= 0.3 is 5.97 Å². The van der Waals surface area contributed by atoms with Crippen LogP contribution >= 0.6 is 53.2 Å². The van der Waals surface area contributed by atoms with Crippen molar-refractivity contribution in [1.29, 1.82) is 0 Å². The molecule has 0 spiro atoms. The number of ether oxygens (including phenoxy) is 1. The Bertz CT molecular complexity index is 1650. The quantitative estimate of drug-likeness (QED) is 0.143. The van der Waals surface area contributed by atoms with Gasteiger partial charge in [0.05, 0.1) is 15.8 Å². The third-order valence-corrected chi connectivity index (χ3v) is 12.4. The van der Waals surface area contributed by atoms with E-state index >= 15 is 0 Å². The number of benzene rings is 2. The molecule has 0 radical (unpaired) electrons. The third kappa shape index (κ3) is 7.35. The predicted molar refractivity (Wildman–Crippen MR) is 171 cm³/mol. The molecule has 1 N–H and O–H groups in total. The van der Waals surface area contributed by atoms with Gasteiger partial charge in [-0.05, 0) is 84.5 Å². The zero-order valence-corrected chi connectivity index (χ0v) is 26.8. The van der Waals surface area contributed by atoms with Crippen LogP contribution in [0.25, 0.3) is 10.4 Å². The lowest BCUT2D eigenvalue weighted by atomic mass is 9.86. The molecule has 5 rings (SSSR count). The van der Waals surface area contributed by atoms with Gasteiger partial charge in [-0.2, -0.15) is 0 Å². The van der Waals surface area contributed by atoms with E-state index in [1.807, 2.05) is 35.7 Å². The minimum Gasteiger partial charge on any atom is -0.477 e. The number of aromatic nitrogens is 1. The molecule has 6 nitrogen and oxygen atoms in total. The van der Waals surface area contributed by atoms with Gasteiger partial charge in [0.25, 0.3) is 0 Å². The van der Waals surface area contributed by atoms with E-state index in [-0.39, 0.29) is 22.0 Å². The van der Waals surface area contributed by atoms with Crippen molar-refractivity contribution in [3.8, 4) is 22.3 Å². The van der Waals surface area contributed by atoms with Crippen LogP contribution in [0.15, 0.2) is 59.4 Å². The van der Waals surface area contributed by atoms with Crippen LogP contribution in [0, 0.1) is 17.8 Å².